The van der Waals surface area contributed by atoms with Crippen molar-refractivity contribution < 1.29 is 9.90 Å². The molecule has 5 fully saturated rings. The zero-order valence-electron chi connectivity index (χ0n) is 13.2. The lowest BCUT2D eigenvalue weighted by molar-refractivity contribution is -0.176. The molecule has 6 rings (SSSR count). The van der Waals surface area contributed by atoms with E-state index in [1.807, 2.05) is 0 Å². The van der Waals surface area contributed by atoms with E-state index in [0.29, 0.717) is 24.2 Å². The molecule has 23 heavy (non-hydrogen) atoms. The molecular formula is C18H23N3O2. The van der Waals surface area contributed by atoms with Gasteiger partial charge in [0.2, 0.25) is 5.91 Å². The fourth-order valence-electron chi connectivity index (χ4n) is 6.58. The van der Waals surface area contributed by atoms with Crippen molar-refractivity contribution in [2.24, 2.45) is 28.9 Å². The second-order valence-electron chi connectivity index (χ2n) is 8.81. The summed E-state index contributed by atoms with van der Waals surface area (Å²) in [5.74, 6) is 1.25. The third kappa shape index (κ3) is 1.82. The van der Waals surface area contributed by atoms with Crippen LogP contribution in [0.3, 0.4) is 0 Å². The van der Waals surface area contributed by atoms with Gasteiger partial charge in [-0.25, -0.2) is 0 Å². The molecule has 5 atom stereocenters. The first-order valence-corrected chi connectivity index (χ1v) is 8.85. The molecule has 0 aromatic rings. The quantitative estimate of drug-likeness (QED) is 0.803. The average Bonchev–Trinajstić information content (AvgIpc) is 3.14. The van der Waals surface area contributed by atoms with Gasteiger partial charge in [0.05, 0.1) is 17.7 Å². The van der Waals surface area contributed by atoms with E-state index in [1.54, 1.807) is 4.90 Å². The lowest BCUT2D eigenvalue weighted by atomic mass is 9.46. The Morgan fingerprint density at radius 2 is 2.04 bits per heavy atom. The van der Waals surface area contributed by atoms with Gasteiger partial charge in [-0.1, -0.05) is 6.08 Å². The van der Waals surface area contributed by atoms with Gasteiger partial charge >= 0.3 is 0 Å². The van der Waals surface area contributed by atoms with E-state index in [9.17, 15) is 15.2 Å². The Morgan fingerprint density at radius 3 is 2.65 bits per heavy atom. The van der Waals surface area contributed by atoms with Crippen LogP contribution in [0.1, 0.15) is 44.9 Å². The van der Waals surface area contributed by atoms with Crippen LogP contribution in [0.5, 0.6) is 0 Å². The van der Waals surface area contributed by atoms with Crippen molar-refractivity contribution in [2.45, 2.75) is 62.6 Å². The van der Waals surface area contributed by atoms with Crippen LogP contribution in [-0.2, 0) is 4.79 Å². The number of amides is 1. The van der Waals surface area contributed by atoms with Gasteiger partial charge < -0.3 is 10.8 Å². The van der Waals surface area contributed by atoms with E-state index in [2.05, 4.69) is 12.1 Å². The summed E-state index contributed by atoms with van der Waals surface area (Å²) in [6, 6.07) is 1.31. The van der Waals surface area contributed by atoms with Crippen molar-refractivity contribution in [3.8, 4) is 6.07 Å². The predicted molar refractivity (Wildman–Crippen MR) is 82.5 cm³/mol. The molecule has 1 heterocycles. The molecule has 5 unspecified atom stereocenters. The first-order valence-electron chi connectivity index (χ1n) is 8.85. The number of aliphatic hydroxyl groups is 1. The first kappa shape index (κ1) is 14.0. The zero-order chi connectivity index (χ0) is 16.0. The van der Waals surface area contributed by atoms with Crippen molar-refractivity contribution >= 4 is 5.91 Å². The summed E-state index contributed by atoms with van der Waals surface area (Å²) >= 11 is 0. The number of hydrogen-bond donors (Lipinski definition) is 2. The normalized spacial score (nSPS) is 50.3. The number of carbonyl (C=O) groups is 1. The Kier molecular flexibility index (Phi) is 2.54. The summed E-state index contributed by atoms with van der Waals surface area (Å²) in [6.07, 6.45) is 8.32. The average molecular weight is 313 g/mol. The first-order chi connectivity index (χ1) is 10.9. The molecule has 5 aliphatic carbocycles. The number of fused-ring (bicyclic) bond motifs is 1. The maximum atomic E-state index is 13.1. The van der Waals surface area contributed by atoms with E-state index in [4.69, 9.17) is 5.73 Å². The number of allylic oxidation sites excluding steroid dienone is 2. The summed E-state index contributed by atoms with van der Waals surface area (Å²) in [5.41, 5.74) is 6.65. The molecule has 1 amide bonds. The van der Waals surface area contributed by atoms with Crippen LogP contribution >= 0.6 is 0 Å². The van der Waals surface area contributed by atoms with E-state index in [-0.39, 0.29) is 17.4 Å². The van der Waals surface area contributed by atoms with Crippen LogP contribution in [0.15, 0.2) is 11.8 Å². The summed E-state index contributed by atoms with van der Waals surface area (Å²) < 4.78 is 0. The predicted octanol–water partition coefficient (Wildman–Crippen LogP) is 1.28. The number of nitriles is 1. The molecule has 4 bridgehead atoms. The monoisotopic (exact) mass is 313 g/mol. The van der Waals surface area contributed by atoms with E-state index < -0.39 is 11.6 Å². The molecule has 0 aromatic carbocycles. The zero-order valence-corrected chi connectivity index (χ0v) is 13.2. The number of hydrogen-bond acceptors (Lipinski definition) is 4. The van der Waals surface area contributed by atoms with Crippen LogP contribution in [0.4, 0.5) is 0 Å². The highest BCUT2D eigenvalue weighted by atomic mass is 16.3. The Hall–Kier alpha value is -1.38. The largest absolute Gasteiger partial charge is 0.390 e. The van der Waals surface area contributed by atoms with Crippen LogP contribution in [-0.4, -0.2) is 33.6 Å². The minimum absolute atomic E-state index is 0.0895. The minimum atomic E-state index is -0.608. The highest BCUT2D eigenvalue weighted by Gasteiger charge is 2.61. The molecule has 0 aromatic heterocycles. The molecule has 0 radical (unpaired) electrons. The van der Waals surface area contributed by atoms with Gasteiger partial charge in [0, 0.05) is 11.6 Å². The molecular weight excluding hydrogens is 290 g/mol. The minimum Gasteiger partial charge on any atom is -0.390 e. The second kappa shape index (κ2) is 4.17. The van der Waals surface area contributed by atoms with Gasteiger partial charge in [0.1, 0.15) is 6.04 Å². The van der Waals surface area contributed by atoms with Crippen molar-refractivity contribution in [3.63, 3.8) is 0 Å². The molecule has 1 aliphatic heterocycles. The van der Waals surface area contributed by atoms with Gasteiger partial charge in [-0.3, -0.25) is 9.69 Å². The van der Waals surface area contributed by atoms with Crippen molar-refractivity contribution in [2.75, 3.05) is 0 Å². The SMILES string of the molecule is N#CC1CC2C=C2N1C(=O)C(N)C12CC3CC(CC(O)(C3)C1)C2. The summed E-state index contributed by atoms with van der Waals surface area (Å²) in [6.45, 7) is 0. The highest BCUT2D eigenvalue weighted by molar-refractivity contribution is 5.86. The standard InChI is InChI=1S/C18H23N3O2/c19-8-13-2-12-3-14(12)21(13)16(22)15(20)17-4-10-1-11(5-17)7-18(23,6-10)9-17/h3,10-13,15,23H,1-2,4-7,9,20H2. The van der Waals surface area contributed by atoms with Crippen molar-refractivity contribution in [3.05, 3.63) is 11.8 Å². The second-order valence-corrected chi connectivity index (χ2v) is 8.81. The maximum absolute atomic E-state index is 13.1. The molecule has 1 saturated heterocycles. The smallest absolute Gasteiger partial charge is 0.245 e. The molecule has 0 spiro atoms. The third-order valence-electron chi connectivity index (χ3n) is 7.10. The van der Waals surface area contributed by atoms with Gasteiger partial charge in [0.25, 0.3) is 0 Å². The fourth-order valence-corrected chi connectivity index (χ4v) is 6.58. The van der Waals surface area contributed by atoms with E-state index in [1.165, 1.54) is 6.42 Å². The Balaban J connectivity index is 1.44. The molecule has 3 N–H and O–H groups in total. The molecule has 122 valence electrons. The Morgan fingerprint density at radius 1 is 1.35 bits per heavy atom. The van der Waals surface area contributed by atoms with Crippen molar-refractivity contribution in [1.82, 2.24) is 4.90 Å². The fraction of sp³-hybridized carbons (Fsp3) is 0.778. The molecule has 4 saturated carbocycles. The number of nitrogens with two attached hydrogens (primary N) is 1. The lowest BCUT2D eigenvalue weighted by Gasteiger charge is -2.61. The molecule has 5 nitrogen and oxygen atoms in total. The van der Waals surface area contributed by atoms with Crippen LogP contribution < -0.4 is 5.73 Å². The highest BCUT2D eigenvalue weighted by Crippen LogP contribution is 2.63. The Bertz CT molecular complexity index is 650. The van der Waals surface area contributed by atoms with E-state index >= 15 is 0 Å². The lowest BCUT2D eigenvalue weighted by Crippen LogP contribution is -2.64. The summed E-state index contributed by atoms with van der Waals surface area (Å²) in [7, 11) is 0. The van der Waals surface area contributed by atoms with Crippen LogP contribution in [0, 0.1) is 34.5 Å². The van der Waals surface area contributed by atoms with Gasteiger partial charge in [-0.15, -0.1) is 0 Å². The third-order valence-corrected chi connectivity index (χ3v) is 7.10. The molecule has 5 heteroatoms. The summed E-state index contributed by atoms with van der Waals surface area (Å²) in [5, 5.41) is 20.2. The Labute approximate surface area is 136 Å². The maximum Gasteiger partial charge on any atom is 0.245 e. The van der Waals surface area contributed by atoms with Gasteiger partial charge in [-0.05, 0) is 62.2 Å². The number of nitrogens with zero attached hydrogens (tertiary/aromatic N) is 2. The molecule has 6 aliphatic rings. The van der Waals surface area contributed by atoms with Crippen molar-refractivity contribution in [1.29, 1.82) is 5.26 Å². The topological polar surface area (TPSA) is 90.4 Å². The van der Waals surface area contributed by atoms with Gasteiger partial charge in [0.15, 0.2) is 0 Å². The number of likely N-dealkylation sites (tertiary alicyclic amines) is 1. The van der Waals surface area contributed by atoms with Gasteiger partial charge in [-0.2, -0.15) is 5.26 Å². The van der Waals surface area contributed by atoms with E-state index in [0.717, 1.165) is 37.8 Å². The van der Waals surface area contributed by atoms with Crippen LogP contribution in [0.2, 0.25) is 0 Å². The number of carbonyl (C=O) groups excluding carboxylic acids is 1. The van der Waals surface area contributed by atoms with Crippen LogP contribution in [0.25, 0.3) is 0 Å². The number of rotatable bonds is 2. The summed E-state index contributed by atoms with van der Waals surface area (Å²) in [4.78, 5) is 14.8.